The molecule has 0 bridgehead atoms. The highest BCUT2D eigenvalue weighted by atomic mass is 19.2. The second kappa shape index (κ2) is 6.99. The fourth-order valence-corrected chi connectivity index (χ4v) is 1.59. The Labute approximate surface area is 124 Å². The topological polar surface area (TPSA) is 84.6 Å². The molecule has 1 aromatic carbocycles. The Bertz CT molecular complexity index is 660. The van der Waals surface area contributed by atoms with Crippen molar-refractivity contribution in [3.8, 4) is 5.75 Å². The van der Waals surface area contributed by atoms with Gasteiger partial charge in [-0.05, 0) is 19.1 Å². The summed E-state index contributed by atoms with van der Waals surface area (Å²) >= 11 is 0. The van der Waals surface area contributed by atoms with E-state index >= 15 is 0 Å². The van der Waals surface area contributed by atoms with E-state index in [1.54, 1.807) is 6.92 Å². The minimum atomic E-state index is -1.04. The third kappa shape index (κ3) is 4.26. The summed E-state index contributed by atoms with van der Waals surface area (Å²) in [5.41, 5.74) is 0.103. The maximum Gasteiger partial charge on any atom is 0.273 e. The van der Waals surface area contributed by atoms with Crippen LogP contribution in [0.3, 0.4) is 0 Å². The molecule has 0 aliphatic carbocycles. The van der Waals surface area contributed by atoms with Crippen molar-refractivity contribution in [1.29, 1.82) is 0 Å². The van der Waals surface area contributed by atoms with Gasteiger partial charge >= 0.3 is 0 Å². The van der Waals surface area contributed by atoms with Gasteiger partial charge in [0.15, 0.2) is 17.3 Å². The summed E-state index contributed by atoms with van der Waals surface area (Å²) in [6.45, 7) is 1.37. The van der Waals surface area contributed by atoms with E-state index in [-0.39, 0.29) is 24.6 Å². The van der Waals surface area contributed by atoms with Crippen LogP contribution in [-0.4, -0.2) is 35.4 Å². The van der Waals surface area contributed by atoms with Crippen molar-refractivity contribution in [3.05, 3.63) is 47.4 Å². The highest BCUT2D eigenvalue weighted by molar-refractivity contribution is 5.92. The molecule has 0 radical (unpaired) electrons. The number of halogens is 2. The van der Waals surface area contributed by atoms with Gasteiger partial charge in [0.1, 0.15) is 24.2 Å². The van der Waals surface area contributed by atoms with Crippen LogP contribution in [0.15, 0.2) is 28.8 Å². The number of nitrogens with one attached hydrogen (secondary N) is 1. The van der Waals surface area contributed by atoms with E-state index in [9.17, 15) is 18.7 Å². The van der Waals surface area contributed by atoms with Crippen LogP contribution in [0.4, 0.5) is 8.78 Å². The Kier molecular flexibility index (Phi) is 5.05. The van der Waals surface area contributed by atoms with Gasteiger partial charge in [0, 0.05) is 18.7 Å². The number of carbonyl (C=O) groups excluding carboxylic acids is 1. The molecule has 2 aromatic rings. The van der Waals surface area contributed by atoms with Gasteiger partial charge in [0.05, 0.1) is 0 Å². The number of aromatic nitrogens is 1. The maximum absolute atomic E-state index is 13.0. The number of aryl methyl sites for hydroxylation is 1. The number of nitrogens with zero attached hydrogens (tertiary/aromatic N) is 1. The number of amides is 1. The number of benzene rings is 1. The van der Waals surface area contributed by atoms with E-state index in [0.717, 1.165) is 12.1 Å². The SMILES string of the molecule is Cc1cc(C(=O)NCC(O)COc2ccc(F)c(F)c2)no1. The first-order valence-corrected chi connectivity index (χ1v) is 6.43. The van der Waals surface area contributed by atoms with Gasteiger partial charge in [-0.1, -0.05) is 5.16 Å². The van der Waals surface area contributed by atoms with Crippen molar-refractivity contribution in [2.75, 3.05) is 13.2 Å². The van der Waals surface area contributed by atoms with Crippen LogP contribution in [0.5, 0.6) is 5.75 Å². The van der Waals surface area contributed by atoms with Crippen molar-refractivity contribution in [2.24, 2.45) is 0 Å². The molecule has 1 aromatic heterocycles. The minimum absolute atomic E-state index is 0.0800. The van der Waals surface area contributed by atoms with Crippen LogP contribution < -0.4 is 10.1 Å². The van der Waals surface area contributed by atoms with Crippen molar-refractivity contribution in [2.45, 2.75) is 13.0 Å². The lowest BCUT2D eigenvalue weighted by atomic mass is 10.3. The van der Waals surface area contributed by atoms with E-state index in [4.69, 9.17) is 9.26 Å². The Morgan fingerprint density at radius 1 is 1.41 bits per heavy atom. The summed E-state index contributed by atoms with van der Waals surface area (Å²) in [5, 5.41) is 15.7. The number of aliphatic hydroxyl groups excluding tert-OH is 1. The Morgan fingerprint density at radius 2 is 2.18 bits per heavy atom. The summed E-state index contributed by atoms with van der Waals surface area (Å²) in [6, 6.07) is 4.49. The lowest BCUT2D eigenvalue weighted by molar-refractivity contribution is 0.0836. The quantitative estimate of drug-likeness (QED) is 0.843. The van der Waals surface area contributed by atoms with Gasteiger partial charge in [-0.3, -0.25) is 4.79 Å². The Balaban J connectivity index is 1.77. The number of ether oxygens (including phenoxy) is 1. The number of hydrogen-bond donors (Lipinski definition) is 2. The molecular formula is C14H14F2N2O4. The third-order valence-electron chi connectivity index (χ3n) is 2.69. The molecule has 0 spiro atoms. The van der Waals surface area contributed by atoms with Crippen LogP contribution in [0.25, 0.3) is 0 Å². The first kappa shape index (κ1) is 15.9. The highest BCUT2D eigenvalue weighted by Gasteiger charge is 2.13. The van der Waals surface area contributed by atoms with Crippen molar-refractivity contribution < 1.29 is 27.9 Å². The van der Waals surface area contributed by atoms with Crippen LogP contribution >= 0.6 is 0 Å². The van der Waals surface area contributed by atoms with E-state index in [1.807, 2.05) is 0 Å². The molecule has 2 N–H and O–H groups in total. The number of carbonyl (C=O) groups is 1. The molecule has 0 fully saturated rings. The van der Waals surface area contributed by atoms with Gasteiger partial charge in [-0.25, -0.2) is 8.78 Å². The predicted molar refractivity (Wildman–Crippen MR) is 71.4 cm³/mol. The molecule has 2 rings (SSSR count). The first-order chi connectivity index (χ1) is 10.5. The van der Waals surface area contributed by atoms with Crippen LogP contribution in [0.1, 0.15) is 16.2 Å². The average molecular weight is 312 g/mol. The van der Waals surface area contributed by atoms with Gasteiger partial charge in [-0.2, -0.15) is 0 Å². The van der Waals surface area contributed by atoms with Gasteiger partial charge in [0.25, 0.3) is 5.91 Å². The zero-order valence-corrected chi connectivity index (χ0v) is 11.7. The summed E-state index contributed by atoms with van der Waals surface area (Å²) in [7, 11) is 0. The standard InChI is InChI=1S/C14H14F2N2O4/c1-8-4-13(18-22-8)14(20)17-6-9(19)7-21-10-2-3-11(15)12(16)5-10/h2-5,9,19H,6-7H2,1H3,(H,17,20). The molecule has 0 saturated carbocycles. The molecule has 0 aliphatic rings. The molecule has 1 atom stereocenters. The summed E-state index contributed by atoms with van der Waals surface area (Å²) in [5.74, 6) is -1.95. The van der Waals surface area contributed by atoms with Crippen LogP contribution in [0.2, 0.25) is 0 Å². The second-order valence-electron chi connectivity index (χ2n) is 4.57. The van der Waals surface area contributed by atoms with E-state index < -0.39 is 23.6 Å². The lowest BCUT2D eigenvalue weighted by Crippen LogP contribution is -2.35. The molecular weight excluding hydrogens is 298 g/mol. The van der Waals surface area contributed by atoms with E-state index in [2.05, 4.69) is 10.5 Å². The van der Waals surface area contributed by atoms with Crippen LogP contribution in [0, 0.1) is 18.6 Å². The predicted octanol–water partition coefficient (Wildman–Crippen LogP) is 1.43. The first-order valence-electron chi connectivity index (χ1n) is 6.43. The number of aliphatic hydroxyl groups is 1. The van der Waals surface area contributed by atoms with E-state index in [1.165, 1.54) is 12.1 Å². The van der Waals surface area contributed by atoms with Crippen molar-refractivity contribution in [1.82, 2.24) is 10.5 Å². The Hall–Kier alpha value is -2.48. The van der Waals surface area contributed by atoms with Gasteiger partial charge < -0.3 is 19.7 Å². The summed E-state index contributed by atoms with van der Waals surface area (Å²) < 4.78 is 35.5. The molecule has 1 unspecified atom stereocenters. The molecule has 0 aliphatic heterocycles. The van der Waals surface area contributed by atoms with Gasteiger partial charge in [0.2, 0.25) is 0 Å². The highest BCUT2D eigenvalue weighted by Crippen LogP contribution is 2.15. The molecule has 8 heteroatoms. The number of rotatable bonds is 6. The van der Waals surface area contributed by atoms with E-state index in [0.29, 0.717) is 5.76 Å². The van der Waals surface area contributed by atoms with Gasteiger partial charge in [-0.15, -0.1) is 0 Å². The third-order valence-corrected chi connectivity index (χ3v) is 2.69. The molecule has 6 nitrogen and oxygen atoms in total. The Morgan fingerprint density at radius 3 is 2.82 bits per heavy atom. The fourth-order valence-electron chi connectivity index (χ4n) is 1.59. The summed E-state index contributed by atoms with van der Waals surface area (Å²) in [6.07, 6.45) is -1.02. The van der Waals surface area contributed by atoms with Crippen molar-refractivity contribution in [3.63, 3.8) is 0 Å². The molecule has 118 valence electrons. The molecule has 1 amide bonds. The maximum atomic E-state index is 13.0. The smallest absolute Gasteiger partial charge is 0.273 e. The average Bonchev–Trinajstić information content (AvgIpc) is 2.92. The molecule has 22 heavy (non-hydrogen) atoms. The second-order valence-corrected chi connectivity index (χ2v) is 4.57. The summed E-state index contributed by atoms with van der Waals surface area (Å²) in [4.78, 5) is 11.6. The largest absolute Gasteiger partial charge is 0.491 e. The minimum Gasteiger partial charge on any atom is -0.491 e. The van der Waals surface area contributed by atoms with Crippen molar-refractivity contribution >= 4 is 5.91 Å². The normalized spacial score (nSPS) is 12.0. The number of hydrogen-bond acceptors (Lipinski definition) is 5. The molecule has 0 saturated heterocycles. The monoisotopic (exact) mass is 312 g/mol. The zero-order chi connectivity index (χ0) is 16.1. The lowest BCUT2D eigenvalue weighted by Gasteiger charge is -2.12. The van der Waals surface area contributed by atoms with Crippen LogP contribution in [-0.2, 0) is 0 Å². The fraction of sp³-hybridized carbons (Fsp3) is 0.286. The molecule has 1 heterocycles. The zero-order valence-electron chi connectivity index (χ0n) is 11.7.